The molecule has 1 aliphatic rings. The van der Waals surface area contributed by atoms with E-state index in [-0.39, 0.29) is 12.8 Å². The number of nitrogens with two attached hydrogens (primary N) is 2. The van der Waals surface area contributed by atoms with E-state index in [1.807, 2.05) is 60.7 Å². The number of nitrogens with zero attached hydrogens (tertiary/aromatic N) is 1. The lowest BCUT2D eigenvalue weighted by atomic mass is 9.94. The maximum absolute atomic E-state index is 13.4. The Morgan fingerprint density at radius 3 is 2.02 bits per heavy atom. The van der Waals surface area contributed by atoms with Crippen molar-refractivity contribution in [2.75, 3.05) is 6.61 Å². The molecule has 0 bridgehead atoms. The molecule has 1 saturated heterocycles. The van der Waals surface area contributed by atoms with E-state index in [0.29, 0.717) is 0 Å². The van der Waals surface area contributed by atoms with Crippen molar-refractivity contribution in [2.24, 2.45) is 11.5 Å². The number of benzene rings is 2. The minimum absolute atomic E-state index is 0.218. The molecule has 0 radical (unpaired) electrons. The molecule has 1 fully saturated rings. The van der Waals surface area contributed by atoms with Crippen LogP contribution in [0.5, 0.6) is 0 Å². The van der Waals surface area contributed by atoms with Crippen LogP contribution in [-0.4, -0.2) is 105 Å². The molecule has 0 aromatic heterocycles. The molecule has 0 saturated carbocycles. The largest absolute Gasteiger partial charge is 0.479 e. The molecule has 15 heteroatoms. The van der Waals surface area contributed by atoms with Gasteiger partial charge in [0, 0.05) is 13.3 Å². The van der Waals surface area contributed by atoms with Gasteiger partial charge in [0.2, 0.25) is 17.7 Å². The first-order valence-corrected chi connectivity index (χ1v) is 15.0. The summed E-state index contributed by atoms with van der Waals surface area (Å²) in [7, 11) is 0. The van der Waals surface area contributed by atoms with Gasteiger partial charge in [-0.05, 0) is 31.4 Å². The minimum atomic E-state index is -1.56. The van der Waals surface area contributed by atoms with Gasteiger partial charge >= 0.3 is 11.9 Å². The Morgan fingerprint density at radius 1 is 1.00 bits per heavy atom. The highest BCUT2D eigenvalue weighted by Crippen LogP contribution is 2.28. The molecule has 1 heterocycles. The van der Waals surface area contributed by atoms with Crippen molar-refractivity contribution in [3.8, 4) is 0 Å². The summed E-state index contributed by atoms with van der Waals surface area (Å²) in [6.07, 6.45) is -8.42. The molecule has 0 spiro atoms. The first-order chi connectivity index (χ1) is 22.3. The zero-order valence-electron chi connectivity index (χ0n) is 26.3. The highest BCUT2D eigenvalue weighted by Gasteiger charge is 2.49. The first kappa shape index (κ1) is 37.1. The molecular weight excluding hydrogens is 616 g/mol. The van der Waals surface area contributed by atoms with Crippen molar-refractivity contribution in [2.45, 2.75) is 88.5 Å². The van der Waals surface area contributed by atoms with Gasteiger partial charge in [-0.3, -0.25) is 19.2 Å². The average Bonchev–Trinajstić information content (AvgIpc) is 3.05. The van der Waals surface area contributed by atoms with E-state index in [2.05, 4.69) is 5.32 Å². The van der Waals surface area contributed by atoms with Gasteiger partial charge < -0.3 is 51.2 Å². The lowest BCUT2D eigenvalue weighted by Crippen LogP contribution is -2.70. The minimum Gasteiger partial charge on any atom is -0.479 e. The Morgan fingerprint density at radius 2 is 1.55 bits per heavy atom. The summed E-state index contributed by atoms with van der Waals surface area (Å²) in [5.74, 6) is -4.51. The number of rotatable bonds is 15. The molecule has 2 aromatic carbocycles. The van der Waals surface area contributed by atoms with E-state index in [9.17, 15) is 39.3 Å². The SMILES string of the molecule is CC(=O)N(C1O[C@H](CO)[C@@H](O)[C@H](O[C@H](C)C(=O)O)[C@H]1N)[C@@H](C)C(=O)N[C@H](CCC(=O)OC(c1ccccc1)c1ccccc1)C(N)=O. The number of carbonyl (C=O) groups is 5. The second-order valence-electron chi connectivity index (χ2n) is 11.2. The van der Waals surface area contributed by atoms with Gasteiger partial charge in [-0.25, -0.2) is 4.79 Å². The van der Waals surface area contributed by atoms with Gasteiger partial charge in [0.05, 0.1) is 12.6 Å². The smallest absolute Gasteiger partial charge is 0.332 e. The second-order valence-corrected chi connectivity index (χ2v) is 11.2. The van der Waals surface area contributed by atoms with E-state index in [4.69, 9.17) is 25.7 Å². The number of aliphatic hydroxyl groups is 2. The van der Waals surface area contributed by atoms with Crippen LogP contribution in [-0.2, 0) is 38.2 Å². The predicted molar refractivity (Wildman–Crippen MR) is 165 cm³/mol. The molecule has 0 aliphatic carbocycles. The average molecular weight is 659 g/mol. The van der Waals surface area contributed by atoms with Gasteiger partial charge in [-0.2, -0.15) is 0 Å². The van der Waals surface area contributed by atoms with Crippen LogP contribution in [0.4, 0.5) is 0 Å². The molecule has 8 atom stereocenters. The van der Waals surface area contributed by atoms with Crippen molar-refractivity contribution >= 4 is 29.7 Å². The third-order valence-corrected chi connectivity index (χ3v) is 7.81. The Bertz CT molecular complexity index is 1340. The van der Waals surface area contributed by atoms with Crippen molar-refractivity contribution < 1.29 is 53.5 Å². The van der Waals surface area contributed by atoms with Crippen LogP contribution in [0.3, 0.4) is 0 Å². The maximum Gasteiger partial charge on any atom is 0.332 e. The third-order valence-electron chi connectivity index (χ3n) is 7.81. The van der Waals surface area contributed by atoms with Crippen LogP contribution in [0.1, 0.15) is 50.8 Å². The van der Waals surface area contributed by atoms with E-state index in [0.717, 1.165) is 23.0 Å². The number of hydrogen-bond donors (Lipinski definition) is 6. The van der Waals surface area contributed by atoms with Gasteiger partial charge in [0.15, 0.2) is 18.4 Å². The number of amides is 3. The molecule has 1 aliphatic heterocycles. The van der Waals surface area contributed by atoms with Crippen molar-refractivity contribution in [1.29, 1.82) is 0 Å². The van der Waals surface area contributed by atoms with Gasteiger partial charge in [0.1, 0.15) is 30.4 Å². The molecule has 47 heavy (non-hydrogen) atoms. The number of esters is 1. The summed E-state index contributed by atoms with van der Waals surface area (Å²) in [4.78, 5) is 63.8. The summed E-state index contributed by atoms with van der Waals surface area (Å²) in [6, 6.07) is 14.1. The van der Waals surface area contributed by atoms with Crippen molar-refractivity contribution in [3.63, 3.8) is 0 Å². The number of nitrogens with one attached hydrogen (secondary N) is 1. The number of carboxylic acid groups (broad SMARTS) is 1. The number of carboxylic acids is 1. The molecule has 3 amide bonds. The normalized spacial score (nSPS) is 22.8. The van der Waals surface area contributed by atoms with Crippen LogP contribution >= 0.6 is 0 Å². The molecule has 256 valence electrons. The van der Waals surface area contributed by atoms with Crippen LogP contribution in [0, 0.1) is 0 Å². The van der Waals surface area contributed by atoms with E-state index < -0.39 is 91.1 Å². The fraction of sp³-hybridized carbons (Fsp3) is 0.469. The summed E-state index contributed by atoms with van der Waals surface area (Å²) in [6.45, 7) is 2.90. The van der Waals surface area contributed by atoms with Crippen molar-refractivity contribution in [3.05, 3.63) is 71.8 Å². The summed E-state index contributed by atoms with van der Waals surface area (Å²) in [5.41, 5.74) is 13.3. The van der Waals surface area contributed by atoms with Crippen LogP contribution in [0.15, 0.2) is 60.7 Å². The van der Waals surface area contributed by atoms with Gasteiger partial charge in [0.25, 0.3) is 0 Å². The Kier molecular flexibility index (Phi) is 13.4. The summed E-state index contributed by atoms with van der Waals surface area (Å²) >= 11 is 0. The fourth-order valence-corrected chi connectivity index (χ4v) is 5.23. The number of aliphatic carboxylic acids is 1. The molecular formula is C32H42N4O11. The summed E-state index contributed by atoms with van der Waals surface area (Å²) < 4.78 is 16.9. The Hall–Kier alpha value is -4.41. The standard InChI is InChI=1S/C32H42N4O11/c1-17(36(19(3)38)31-25(33)28(45-18(2)32(43)44)26(40)23(16-37)46-31)30(42)35-22(29(34)41)14-15-24(39)47-27(20-10-6-4-7-11-20)21-12-8-5-9-13-21/h4-13,17-18,22-23,25-28,31,37,40H,14-16,33H2,1-3H3,(H2,34,41)(H,35,42)(H,43,44)/t17-,18+,22+,23+,25+,26+,28+,31?/m0/s1. The van der Waals surface area contributed by atoms with Crippen LogP contribution < -0.4 is 16.8 Å². The highest BCUT2D eigenvalue weighted by molar-refractivity contribution is 5.91. The second kappa shape index (κ2) is 16.9. The fourth-order valence-electron chi connectivity index (χ4n) is 5.23. The number of hydrogen-bond acceptors (Lipinski definition) is 11. The lowest BCUT2D eigenvalue weighted by Gasteiger charge is -2.48. The topological polar surface area (TPSA) is 241 Å². The van der Waals surface area contributed by atoms with E-state index >= 15 is 0 Å². The summed E-state index contributed by atoms with van der Waals surface area (Å²) in [5, 5.41) is 32.1. The van der Waals surface area contributed by atoms with E-state index in [1.54, 1.807) is 0 Å². The Balaban J connectivity index is 1.72. The third kappa shape index (κ3) is 9.56. The predicted octanol–water partition coefficient (Wildman–Crippen LogP) is -0.430. The van der Waals surface area contributed by atoms with Crippen LogP contribution in [0.25, 0.3) is 0 Å². The molecule has 15 nitrogen and oxygen atoms in total. The zero-order chi connectivity index (χ0) is 34.8. The quantitative estimate of drug-likeness (QED) is 0.134. The molecule has 3 rings (SSSR count). The molecule has 8 N–H and O–H groups in total. The number of ether oxygens (including phenoxy) is 3. The lowest BCUT2D eigenvalue weighted by molar-refractivity contribution is -0.245. The first-order valence-electron chi connectivity index (χ1n) is 15.0. The highest BCUT2D eigenvalue weighted by atomic mass is 16.6. The van der Waals surface area contributed by atoms with Gasteiger partial charge in [-0.15, -0.1) is 0 Å². The number of primary amides is 1. The number of carbonyl (C=O) groups excluding carboxylic acids is 4. The van der Waals surface area contributed by atoms with Crippen molar-refractivity contribution in [1.82, 2.24) is 10.2 Å². The monoisotopic (exact) mass is 658 g/mol. The zero-order valence-corrected chi connectivity index (χ0v) is 26.3. The van der Waals surface area contributed by atoms with E-state index in [1.165, 1.54) is 13.8 Å². The number of aliphatic hydroxyl groups excluding tert-OH is 2. The maximum atomic E-state index is 13.4. The molecule has 1 unspecified atom stereocenters. The van der Waals surface area contributed by atoms with Crippen LogP contribution in [0.2, 0.25) is 0 Å². The molecule has 2 aromatic rings. The van der Waals surface area contributed by atoms with Gasteiger partial charge in [-0.1, -0.05) is 60.7 Å². The Labute approximate surface area is 271 Å².